The largest absolute Gasteiger partial charge is 0.465 e. The van der Waals surface area contributed by atoms with Crippen molar-refractivity contribution in [2.24, 2.45) is 0 Å². The van der Waals surface area contributed by atoms with E-state index in [4.69, 9.17) is 0 Å². The first kappa shape index (κ1) is 11.6. The van der Waals surface area contributed by atoms with Crippen LogP contribution in [0.1, 0.15) is 28.8 Å². The van der Waals surface area contributed by atoms with Crippen molar-refractivity contribution in [3.8, 4) is 0 Å². The molecule has 0 radical (unpaired) electrons. The van der Waals surface area contributed by atoms with E-state index < -0.39 is 0 Å². The van der Waals surface area contributed by atoms with E-state index in [1.807, 2.05) is 13.0 Å². The molecule has 0 atom stereocenters. The molecule has 4 nitrogen and oxygen atoms in total. The van der Waals surface area contributed by atoms with E-state index in [0.717, 1.165) is 24.2 Å². The van der Waals surface area contributed by atoms with Crippen LogP contribution in [-0.2, 0) is 9.53 Å². The first-order valence-electron chi connectivity index (χ1n) is 5.63. The van der Waals surface area contributed by atoms with Crippen molar-refractivity contribution in [3.05, 3.63) is 29.3 Å². The molecule has 1 aliphatic heterocycles. The molecule has 2 rings (SSSR count). The number of methoxy groups -OCH3 is 1. The summed E-state index contributed by atoms with van der Waals surface area (Å²) in [6.07, 6.45) is 1.46. The van der Waals surface area contributed by atoms with Gasteiger partial charge >= 0.3 is 5.97 Å². The highest BCUT2D eigenvalue weighted by atomic mass is 16.5. The minimum absolute atomic E-state index is 0.120. The average molecular weight is 233 g/mol. The smallest absolute Gasteiger partial charge is 0.337 e. The molecule has 0 N–H and O–H groups in total. The highest BCUT2D eigenvalue weighted by Gasteiger charge is 2.23. The number of anilines is 1. The predicted octanol–water partition coefficient (Wildman–Crippen LogP) is 1.91. The number of benzene rings is 1. The Morgan fingerprint density at radius 1 is 1.41 bits per heavy atom. The topological polar surface area (TPSA) is 46.6 Å². The Morgan fingerprint density at radius 2 is 2.18 bits per heavy atom. The standard InChI is InChI=1S/C13H15NO3/c1-9-5-6-10(13(16)17-2)8-11(9)14-7-3-4-12(14)15/h5-6,8H,3-4,7H2,1-2H3. The van der Waals surface area contributed by atoms with Crippen molar-refractivity contribution in [2.45, 2.75) is 19.8 Å². The van der Waals surface area contributed by atoms with Crippen LogP contribution >= 0.6 is 0 Å². The van der Waals surface area contributed by atoms with E-state index in [1.54, 1.807) is 17.0 Å². The minimum atomic E-state index is -0.377. The summed E-state index contributed by atoms with van der Waals surface area (Å²) in [5, 5.41) is 0. The summed E-state index contributed by atoms with van der Waals surface area (Å²) in [6.45, 7) is 2.66. The molecule has 1 aromatic rings. The van der Waals surface area contributed by atoms with Gasteiger partial charge in [-0.2, -0.15) is 0 Å². The number of esters is 1. The van der Waals surface area contributed by atoms with Gasteiger partial charge in [0, 0.05) is 18.7 Å². The lowest BCUT2D eigenvalue weighted by Gasteiger charge is -2.18. The fraction of sp³-hybridized carbons (Fsp3) is 0.385. The molecule has 1 fully saturated rings. The molecule has 0 bridgehead atoms. The molecule has 1 aromatic carbocycles. The summed E-state index contributed by atoms with van der Waals surface area (Å²) in [5.41, 5.74) is 2.29. The lowest BCUT2D eigenvalue weighted by molar-refractivity contribution is -0.117. The zero-order valence-corrected chi connectivity index (χ0v) is 10.0. The highest BCUT2D eigenvalue weighted by Crippen LogP contribution is 2.26. The summed E-state index contributed by atoms with van der Waals surface area (Å²) < 4.78 is 4.68. The van der Waals surface area contributed by atoms with Crippen LogP contribution in [-0.4, -0.2) is 25.5 Å². The third kappa shape index (κ3) is 2.16. The van der Waals surface area contributed by atoms with Gasteiger partial charge in [-0.3, -0.25) is 4.79 Å². The summed E-state index contributed by atoms with van der Waals surface area (Å²) in [7, 11) is 1.35. The number of hydrogen-bond acceptors (Lipinski definition) is 3. The maximum absolute atomic E-state index is 11.7. The third-order valence-corrected chi connectivity index (χ3v) is 2.99. The van der Waals surface area contributed by atoms with Crippen LogP contribution in [0, 0.1) is 6.92 Å². The van der Waals surface area contributed by atoms with Gasteiger partial charge in [0.05, 0.1) is 12.7 Å². The number of amides is 1. The molecule has 0 unspecified atom stereocenters. The van der Waals surface area contributed by atoms with Crippen LogP contribution in [0.3, 0.4) is 0 Å². The van der Waals surface area contributed by atoms with Gasteiger partial charge in [0.25, 0.3) is 0 Å². The summed E-state index contributed by atoms with van der Waals surface area (Å²) >= 11 is 0. The highest BCUT2D eigenvalue weighted by molar-refractivity contribution is 5.98. The molecule has 1 amide bonds. The number of carbonyl (C=O) groups is 2. The van der Waals surface area contributed by atoms with Gasteiger partial charge < -0.3 is 9.64 Å². The summed E-state index contributed by atoms with van der Waals surface area (Å²) in [4.78, 5) is 24.9. The fourth-order valence-electron chi connectivity index (χ4n) is 2.05. The van der Waals surface area contributed by atoms with Gasteiger partial charge in [-0.1, -0.05) is 6.07 Å². The van der Waals surface area contributed by atoms with Crippen LogP contribution in [0.2, 0.25) is 0 Å². The molecule has 1 heterocycles. The molecule has 0 saturated carbocycles. The fourth-order valence-corrected chi connectivity index (χ4v) is 2.05. The van der Waals surface area contributed by atoms with Gasteiger partial charge in [-0.05, 0) is 31.0 Å². The van der Waals surface area contributed by atoms with Gasteiger partial charge in [0.1, 0.15) is 0 Å². The van der Waals surface area contributed by atoms with Crippen molar-refractivity contribution in [2.75, 3.05) is 18.6 Å². The van der Waals surface area contributed by atoms with Crippen LogP contribution in [0.5, 0.6) is 0 Å². The van der Waals surface area contributed by atoms with Gasteiger partial charge in [0.15, 0.2) is 0 Å². The first-order chi connectivity index (χ1) is 8.13. The van der Waals surface area contributed by atoms with Crippen molar-refractivity contribution >= 4 is 17.6 Å². The molecule has 90 valence electrons. The Labute approximate surface area is 100 Å². The zero-order valence-electron chi connectivity index (χ0n) is 10.0. The Hall–Kier alpha value is -1.84. The van der Waals surface area contributed by atoms with E-state index in [2.05, 4.69) is 4.74 Å². The molecule has 0 spiro atoms. The van der Waals surface area contributed by atoms with Crippen molar-refractivity contribution < 1.29 is 14.3 Å². The van der Waals surface area contributed by atoms with Crippen molar-refractivity contribution in [1.29, 1.82) is 0 Å². The van der Waals surface area contributed by atoms with E-state index in [-0.39, 0.29) is 11.9 Å². The Morgan fingerprint density at radius 3 is 2.76 bits per heavy atom. The second-order valence-electron chi connectivity index (χ2n) is 4.14. The number of aryl methyl sites for hydroxylation is 1. The molecular formula is C13H15NO3. The monoisotopic (exact) mass is 233 g/mol. The maximum Gasteiger partial charge on any atom is 0.337 e. The van der Waals surface area contributed by atoms with Gasteiger partial charge in [-0.25, -0.2) is 4.79 Å². The van der Waals surface area contributed by atoms with E-state index >= 15 is 0 Å². The third-order valence-electron chi connectivity index (χ3n) is 2.99. The number of carbonyl (C=O) groups excluding carboxylic acids is 2. The molecular weight excluding hydrogens is 218 g/mol. The molecule has 1 saturated heterocycles. The Kier molecular flexibility index (Phi) is 3.13. The lowest BCUT2D eigenvalue weighted by Crippen LogP contribution is -2.24. The van der Waals surface area contributed by atoms with Crippen molar-refractivity contribution in [3.63, 3.8) is 0 Å². The molecule has 17 heavy (non-hydrogen) atoms. The van der Waals surface area contributed by atoms with Gasteiger partial charge in [0.2, 0.25) is 5.91 Å². The van der Waals surface area contributed by atoms with Crippen LogP contribution in [0.4, 0.5) is 5.69 Å². The molecule has 0 aliphatic carbocycles. The minimum Gasteiger partial charge on any atom is -0.465 e. The number of rotatable bonds is 2. The second-order valence-corrected chi connectivity index (χ2v) is 4.14. The van der Waals surface area contributed by atoms with Crippen LogP contribution < -0.4 is 4.90 Å². The zero-order chi connectivity index (χ0) is 12.4. The summed E-state index contributed by atoms with van der Waals surface area (Å²) in [6, 6.07) is 5.28. The summed E-state index contributed by atoms with van der Waals surface area (Å²) in [5.74, 6) is -0.256. The lowest BCUT2D eigenvalue weighted by atomic mass is 10.1. The number of hydrogen-bond donors (Lipinski definition) is 0. The predicted molar refractivity (Wildman–Crippen MR) is 64.1 cm³/mol. The normalized spacial score (nSPS) is 15.2. The number of ether oxygens (including phenoxy) is 1. The van der Waals surface area contributed by atoms with E-state index in [0.29, 0.717) is 12.0 Å². The number of nitrogens with zero attached hydrogens (tertiary/aromatic N) is 1. The molecule has 0 aromatic heterocycles. The quantitative estimate of drug-likeness (QED) is 0.733. The molecule has 1 aliphatic rings. The second kappa shape index (κ2) is 4.57. The Balaban J connectivity index is 2.38. The van der Waals surface area contributed by atoms with Crippen LogP contribution in [0.15, 0.2) is 18.2 Å². The first-order valence-corrected chi connectivity index (χ1v) is 5.63. The average Bonchev–Trinajstić information content (AvgIpc) is 2.75. The van der Waals surface area contributed by atoms with E-state index in [9.17, 15) is 9.59 Å². The maximum atomic E-state index is 11.7. The van der Waals surface area contributed by atoms with Gasteiger partial charge in [-0.15, -0.1) is 0 Å². The SMILES string of the molecule is COC(=O)c1ccc(C)c(N2CCCC2=O)c1. The molecule has 4 heteroatoms. The Bertz CT molecular complexity index is 468. The van der Waals surface area contributed by atoms with Crippen LogP contribution in [0.25, 0.3) is 0 Å². The van der Waals surface area contributed by atoms with E-state index in [1.165, 1.54) is 7.11 Å². The van der Waals surface area contributed by atoms with Crippen molar-refractivity contribution in [1.82, 2.24) is 0 Å².